The van der Waals surface area contributed by atoms with Gasteiger partial charge in [-0.25, -0.2) is 0 Å². The average Bonchev–Trinajstić information content (AvgIpc) is 2.00. The lowest BCUT2D eigenvalue weighted by atomic mass is 9.79. The predicted octanol–water partition coefficient (Wildman–Crippen LogP) is 2.90. The van der Waals surface area contributed by atoms with Crippen LogP contribution in [0.1, 0.15) is 33.6 Å². The van der Waals surface area contributed by atoms with Gasteiger partial charge in [0, 0.05) is 0 Å². The van der Waals surface area contributed by atoms with Crippen LogP contribution in [0.15, 0.2) is 0 Å². The van der Waals surface area contributed by atoms with Crippen molar-refractivity contribution in [3.05, 3.63) is 0 Å². The number of hydrogen-bond acceptors (Lipinski definition) is 2. The molecule has 0 amide bonds. The van der Waals surface area contributed by atoms with Crippen LogP contribution in [-0.4, -0.2) is 26.2 Å². The summed E-state index contributed by atoms with van der Waals surface area (Å²) in [6, 6.07) is 0. The molecular weight excluding hydrogens is 246 g/mol. The normalized spacial score (nSPS) is 21.4. The fraction of sp³-hybridized carbons (Fsp3) is 1.00. The van der Waals surface area contributed by atoms with Gasteiger partial charge in [0.15, 0.2) is 0 Å². The summed E-state index contributed by atoms with van der Waals surface area (Å²) in [5, 5.41) is 19.5. The molecule has 0 rings (SSSR count). The summed E-state index contributed by atoms with van der Waals surface area (Å²) in [6.07, 6.45) is -0.462. The van der Waals surface area contributed by atoms with E-state index in [1.807, 2.05) is 6.92 Å². The van der Waals surface area contributed by atoms with Gasteiger partial charge < -0.3 is 10.2 Å². The largest absolute Gasteiger partial charge is 0.393 e. The molecule has 0 aromatic rings. The van der Waals surface area contributed by atoms with Gasteiger partial charge in [0.05, 0.1) is 17.6 Å². The highest BCUT2D eigenvalue weighted by Crippen LogP contribution is 2.49. The van der Waals surface area contributed by atoms with Crippen molar-refractivity contribution in [3.8, 4) is 0 Å². The number of aliphatic hydroxyl groups is 2. The molecule has 14 heavy (non-hydrogen) atoms. The van der Waals surface area contributed by atoms with Crippen molar-refractivity contribution in [2.75, 3.05) is 0 Å². The van der Waals surface area contributed by atoms with Gasteiger partial charge in [0.25, 0.3) is 0 Å². The molecule has 86 valence electrons. The van der Waals surface area contributed by atoms with E-state index in [1.165, 1.54) is 6.92 Å². The summed E-state index contributed by atoms with van der Waals surface area (Å²) in [4.78, 5) is 0. The third-order valence-corrected chi connectivity index (χ3v) is 3.95. The van der Waals surface area contributed by atoms with Crippen LogP contribution in [0.4, 0.5) is 0 Å². The van der Waals surface area contributed by atoms with E-state index in [9.17, 15) is 10.2 Å². The van der Waals surface area contributed by atoms with Crippen molar-refractivity contribution in [2.24, 2.45) is 5.41 Å². The zero-order chi connectivity index (χ0) is 11.6. The predicted molar refractivity (Wildman–Crippen MR) is 61.0 cm³/mol. The molecule has 0 aromatic heterocycles. The van der Waals surface area contributed by atoms with E-state index in [4.69, 9.17) is 34.8 Å². The van der Waals surface area contributed by atoms with Crippen LogP contribution < -0.4 is 0 Å². The second-order valence-electron chi connectivity index (χ2n) is 3.76. The van der Waals surface area contributed by atoms with Gasteiger partial charge in [0.2, 0.25) is 3.79 Å². The fourth-order valence-electron chi connectivity index (χ4n) is 1.28. The maximum Gasteiger partial charge on any atom is 0.200 e. The van der Waals surface area contributed by atoms with Gasteiger partial charge in [0.1, 0.15) is 0 Å². The van der Waals surface area contributed by atoms with Gasteiger partial charge in [-0.15, -0.1) is 0 Å². The van der Waals surface area contributed by atoms with Crippen LogP contribution >= 0.6 is 34.8 Å². The molecule has 0 aliphatic heterocycles. The van der Waals surface area contributed by atoms with Crippen molar-refractivity contribution >= 4 is 34.8 Å². The summed E-state index contributed by atoms with van der Waals surface area (Å²) in [7, 11) is 0. The third kappa shape index (κ3) is 2.89. The molecule has 0 fully saturated rings. The molecule has 0 spiro atoms. The lowest BCUT2D eigenvalue weighted by molar-refractivity contribution is -0.0519. The molecule has 0 aliphatic carbocycles. The second kappa shape index (κ2) is 5.22. The van der Waals surface area contributed by atoms with Crippen LogP contribution in [0.5, 0.6) is 0 Å². The minimum Gasteiger partial charge on any atom is -0.393 e. The van der Waals surface area contributed by atoms with Crippen molar-refractivity contribution in [1.29, 1.82) is 0 Å². The van der Waals surface area contributed by atoms with Crippen LogP contribution in [0, 0.1) is 5.41 Å². The minimum absolute atomic E-state index is 0.495. The molecule has 0 aliphatic rings. The summed E-state index contributed by atoms with van der Waals surface area (Å²) in [5.41, 5.74) is -1.15. The first-order valence-corrected chi connectivity index (χ1v) is 5.74. The van der Waals surface area contributed by atoms with Gasteiger partial charge in [-0.1, -0.05) is 55.1 Å². The molecule has 2 N–H and O–H groups in total. The van der Waals surface area contributed by atoms with E-state index in [0.29, 0.717) is 6.42 Å². The number of halogens is 3. The average molecular weight is 264 g/mol. The Kier molecular flexibility index (Phi) is 5.51. The Bertz CT molecular complexity index is 179. The Balaban J connectivity index is 4.91. The van der Waals surface area contributed by atoms with Crippen molar-refractivity contribution in [3.63, 3.8) is 0 Å². The molecule has 0 saturated carbocycles. The highest BCUT2D eigenvalue weighted by molar-refractivity contribution is 6.68. The first-order valence-electron chi connectivity index (χ1n) is 4.60. The van der Waals surface area contributed by atoms with E-state index in [0.717, 1.165) is 6.42 Å². The zero-order valence-electron chi connectivity index (χ0n) is 8.60. The molecule has 0 aromatic carbocycles. The van der Waals surface area contributed by atoms with Crippen LogP contribution in [-0.2, 0) is 0 Å². The molecule has 0 heterocycles. The van der Waals surface area contributed by atoms with Crippen molar-refractivity contribution in [1.82, 2.24) is 0 Å². The van der Waals surface area contributed by atoms with Crippen LogP contribution in [0.2, 0.25) is 0 Å². The first-order chi connectivity index (χ1) is 6.17. The summed E-state index contributed by atoms with van der Waals surface area (Å²) in [6.45, 7) is 5.01. The Labute approximate surface area is 100 Å². The monoisotopic (exact) mass is 262 g/mol. The zero-order valence-corrected chi connectivity index (χ0v) is 10.9. The van der Waals surface area contributed by atoms with Gasteiger partial charge in [-0.05, 0) is 13.3 Å². The van der Waals surface area contributed by atoms with Crippen molar-refractivity contribution < 1.29 is 10.2 Å². The molecule has 2 nitrogen and oxygen atoms in total. The topological polar surface area (TPSA) is 40.5 Å². The Morgan fingerprint density at radius 1 is 1.21 bits per heavy atom. The summed E-state index contributed by atoms with van der Waals surface area (Å²) in [5.74, 6) is 0. The van der Waals surface area contributed by atoms with E-state index in [1.54, 1.807) is 6.92 Å². The maximum absolute atomic E-state index is 9.86. The van der Waals surface area contributed by atoms with Gasteiger partial charge >= 0.3 is 0 Å². The Morgan fingerprint density at radius 3 is 1.86 bits per heavy atom. The van der Waals surface area contributed by atoms with E-state index < -0.39 is 21.4 Å². The van der Waals surface area contributed by atoms with E-state index in [-0.39, 0.29) is 0 Å². The molecular formula is C9H17Cl3O2. The maximum atomic E-state index is 9.86. The minimum atomic E-state index is -1.68. The lowest BCUT2D eigenvalue weighted by Gasteiger charge is -2.42. The van der Waals surface area contributed by atoms with Gasteiger partial charge in [-0.3, -0.25) is 0 Å². The number of hydrogen-bond donors (Lipinski definition) is 2. The second-order valence-corrected chi connectivity index (χ2v) is 6.04. The number of aliphatic hydroxyl groups excluding tert-OH is 2. The molecule has 3 unspecified atom stereocenters. The van der Waals surface area contributed by atoms with Crippen molar-refractivity contribution in [2.45, 2.75) is 49.6 Å². The summed E-state index contributed by atoms with van der Waals surface area (Å²) >= 11 is 17.3. The number of rotatable bonds is 4. The molecule has 3 atom stereocenters. The van der Waals surface area contributed by atoms with E-state index >= 15 is 0 Å². The summed E-state index contributed by atoms with van der Waals surface area (Å²) < 4.78 is -1.68. The molecule has 0 saturated heterocycles. The molecule has 5 heteroatoms. The molecule has 0 radical (unpaired) electrons. The highest BCUT2D eigenvalue weighted by atomic mass is 35.6. The standard InChI is InChI=1S/C9H17Cl3O2/c1-4-5-7(14)8(3,6(2)13)9(10,11)12/h6-7,13-14H,4-5H2,1-3H3. The number of alkyl halides is 3. The SMILES string of the molecule is CCCC(O)C(C)(C(C)O)C(Cl)(Cl)Cl. The molecule has 0 bridgehead atoms. The van der Waals surface area contributed by atoms with Crippen LogP contribution in [0.3, 0.4) is 0 Å². The highest BCUT2D eigenvalue weighted by Gasteiger charge is 2.52. The Hall–Kier alpha value is 0.790. The quantitative estimate of drug-likeness (QED) is 0.766. The first kappa shape index (κ1) is 14.8. The van der Waals surface area contributed by atoms with Gasteiger partial charge in [-0.2, -0.15) is 0 Å². The van der Waals surface area contributed by atoms with E-state index in [2.05, 4.69) is 0 Å². The smallest absolute Gasteiger partial charge is 0.200 e. The fourth-order valence-corrected chi connectivity index (χ4v) is 2.13. The lowest BCUT2D eigenvalue weighted by Crippen LogP contribution is -2.50. The van der Waals surface area contributed by atoms with Crippen LogP contribution in [0.25, 0.3) is 0 Å². The Morgan fingerprint density at radius 2 is 1.64 bits per heavy atom. The third-order valence-electron chi connectivity index (χ3n) is 2.73.